The molecule has 6 heteroatoms. The molecule has 0 spiro atoms. The van der Waals surface area contributed by atoms with Gasteiger partial charge in [-0.1, -0.05) is 55.4 Å². The minimum absolute atomic E-state index is 0.143. The number of esters is 1. The van der Waals surface area contributed by atoms with Gasteiger partial charge in [-0.3, -0.25) is 9.69 Å². The highest BCUT2D eigenvalue weighted by atomic mass is 32.2. The van der Waals surface area contributed by atoms with Gasteiger partial charge in [-0.05, 0) is 25.8 Å². The third-order valence-electron chi connectivity index (χ3n) is 4.07. The van der Waals surface area contributed by atoms with Crippen LogP contribution in [0.2, 0.25) is 0 Å². The molecule has 1 atom stereocenters. The number of thioether (sulfide) groups is 1. The highest BCUT2D eigenvalue weighted by molar-refractivity contribution is 8.13. The number of amidine groups is 1. The second kappa shape index (κ2) is 9.57. The zero-order valence-corrected chi connectivity index (χ0v) is 16.6. The fourth-order valence-corrected chi connectivity index (χ4v) is 4.03. The number of benzene rings is 1. The number of carbonyl (C=O) groups excluding carboxylic acids is 2. The maximum atomic E-state index is 12.6. The molecule has 1 amide bonds. The van der Waals surface area contributed by atoms with Crippen molar-refractivity contribution < 1.29 is 14.3 Å². The fraction of sp³-hybridized carbons (Fsp3) is 0.450. The molecule has 0 aliphatic carbocycles. The Bertz CT molecular complexity index is 713. The predicted molar refractivity (Wildman–Crippen MR) is 106 cm³/mol. The molecule has 0 N–H and O–H groups in total. The summed E-state index contributed by atoms with van der Waals surface area (Å²) in [7, 11) is 0. The Morgan fingerprint density at radius 2 is 1.92 bits per heavy atom. The summed E-state index contributed by atoms with van der Waals surface area (Å²) in [6.07, 6.45) is 2.12. The SMILES string of the molecule is CCCCSC1=NC(C)=C(C(=O)OCC)[C@@H](c2ccccc2)N1C(C)=O. The van der Waals surface area contributed by atoms with Crippen LogP contribution < -0.4 is 0 Å². The average molecular weight is 375 g/mol. The van der Waals surface area contributed by atoms with Crippen LogP contribution >= 0.6 is 11.8 Å². The van der Waals surface area contributed by atoms with Crippen molar-refractivity contribution in [2.75, 3.05) is 12.4 Å². The van der Waals surface area contributed by atoms with Crippen molar-refractivity contribution in [1.29, 1.82) is 0 Å². The lowest BCUT2D eigenvalue weighted by Gasteiger charge is -2.36. The van der Waals surface area contributed by atoms with E-state index in [0.29, 0.717) is 16.4 Å². The number of rotatable bonds is 6. The third-order valence-corrected chi connectivity index (χ3v) is 5.11. The molecule has 0 fully saturated rings. The number of carbonyl (C=O) groups is 2. The van der Waals surface area contributed by atoms with Crippen LogP contribution in [-0.2, 0) is 14.3 Å². The highest BCUT2D eigenvalue weighted by Crippen LogP contribution is 2.38. The molecule has 2 rings (SSSR count). The van der Waals surface area contributed by atoms with Gasteiger partial charge >= 0.3 is 5.97 Å². The Balaban J connectivity index is 2.54. The molecular weight excluding hydrogens is 348 g/mol. The van der Waals surface area contributed by atoms with Crippen LogP contribution in [0.25, 0.3) is 0 Å². The first kappa shape index (κ1) is 20.2. The number of aliphatic imine (C=N–C) groups is 1. The number of amides is 1. The second-order valence-corrected chi connectivity index (χ2v) is 7.08. The second-order valence-electron chi connectivity index (χ2n) is 6.02. The van der Waals surface area contributed by atoms with E-state index in [-0.39, 0.29) is 12.5 Å². The summed E-state index contributed by atoms with van der Waals surface area (Å²) in [6.45, 7) is 7.49. The molecular formula is C20H26N2O3S. The minimum atomic E-state index is -0.519. The molecule has 1 aliphatic heterocycles. The summed E-state index contributed by atoms with van der Waals surface area (Å²) in [5, 5.41) is 0.644. The van der Waals surface area contributed by atoms with Gasteiger partial charge in [0.25, 0.3) is 0 Å². The summed E-state index contributed by atoms with van der Waals surface area (Å²) >= 11 is 1.56. The Morgan fingerprint density at radius 1 is 1.23 bits per heavy atom. The molecule has 0 saturated heterocycles. The van der Waals surface area contributed by atoms with Crippen molar-refractivity contribution in [3.8, 4) is 0 Å². The Kier molecular flexibility index (Phi) is 7.45. The van der Waals surface area contributed by atoms with E-state index in [4.69, 9.17) is 4.74 Å². The summed E-state index contributed by atoms with van der Waals surface area (Å²) in [5.74, 6) is 0.310. The lowest BCUT2D eigenvalue weighted by molar-refractivity contribution is -0.139. The predicted octanol–water partition coefficient (Wildman–Crippen LogP) is 4.32. The van der Waals surface area contributed by atoms with E-state index in [1.165, 1.54) is 6.92 Å². The van der Waals surface area contributed by atoms with Crippen molar-refractivity contribution >= 4 is 28.8 Å². The molecule has 1 aromatic rings. The number of ether oxygens (including phenoxy) is 1. The standard InChI is InChI=1S/C20H26N2O3S/c1-5-7-13-26-20-21-14(3)17(19(24)25-6-2)18(22(20)15(4)23)16-11-9-8-10-12-16/h8-12,18H,5-7,13H2,1-4H3/t18-/m1/s1. The van der Waals surface area contributed by atoms with Crippen molar-refractivity contribution in [2.24, 2.45) is 4.99 Å². The zero-order chi connectivity index (χ0) is 19.1. The van der Waals surface area contributed by atoms with Gasteiger partial charge in [0.05, 0.1) is 23.9 Å². The first-order valence-corrected chi connectivity index (χ1v) is 9.93. The molecule has 1 aromatic carbocycles. The average Bonchev–Trinajstić information content (AvgIpc) is 2.62. The van der Waals surface area contributed by atoms with Gasteiger partial charge in [-0.15, -0.1) is 0 Å². The van der Waals surface area contributed by atoms with Gasteiger partial charge in [0.1, 0.15) is 0 Å². The smallest absolute Gasteiger partial charge is 0.338 e. The van der Waals surface area contributed by atoms with Crippen LogP contribution in [0.3, 0.4) is 0 Å². The molecule has 0 radical (unpaired) electrons. The zero-order valence-electron chi connectivity index (χ0n) is 15.8. The summed E-state index contributed by atoms with van der Waals surface area (Å²) < 4.78 is 5.25. The lowest BCUT2D eigenvalue weighted by Crippen LogP contribution is -2.42. The van der Waals surface area contributed by atoms with Crippen molar-refractivity contribution in [2.45, 2.75) is 46.6 Å². The number of nitrogens with zero attached hydrogens (tertiary/aromatic N) is 2. The van der Waals surface area contributed by atoms with E-state index in [1.54, 1.807) is 30.5 Å². The molecule has 140 valence electrons. The van der Waals surface area contributed by atoms with Crippen LogP contribution in [0.5, 0.6) is 0 Å². The lowest BCUT2D eigenvalue weighted by atomic mass is 9.94. The summed E-state index contributed by atoms with van der Waals surface area (Å²) in [6, 6.07) is 9.05. The number of hydrogen-bond acceptors (Lipinski definition) is 5. The number of unbranched alkanes of at least 4 members (excludes halogenated alkanes) is 1. The van der Waals surface area contributed by atoms with Gasteiger partial charge in [-0.2, -0.15) is 0 Å². The van der Waals surface area contributed by atoms with E-state index in [2.05, 4.69) is 11.9 Å². The van der Waals surface area contributed by atoms with E-state index in [1.807, 2.05) is 30.3 Å². The van der Waals surface area contributed by atoms with Crippen LogP contribution in [0, 0.1) is 0 Å². The topological polar surface area (TPSA) is 59.0 Å². The first-order valence-electron chi connectivity index (χ1n) is 8.95. The van der Waals surface area contributed by atoms with E-state index in [0.717, 1.165) is 24.2 Å². The van der Waals surface area contributed by atoms with Crippen molar-refractivity contribution in [3.05, 3.63) is 47.2 Å². The Labute approximate surface area is 159 Å². The summed E-state index contributed by atoms with van der Waals surface area (Å²) in [4.78, 5) is 31.3. The van der Waals surface area contributed by atoms with Gasteiger partial charge in [0.2, 0.25) is 5.91 Å². The quantitative estimate of drug-likeness (QED) is 0.550. The van der Waals surface area contributed by atoms with Crippen molar-refractivity contribution in [1.82, 2.24) is 4.90 Å². The molecule has 0 aromatic heterocycles. The van der Waals surface area contributed by atoms with E-state index in [9.17, 15) is 9.59 Å². The van der Waals surface area contributed by atoms with E-state index >= 15 is 0 Å². The molecule has 0 bridgehead atoms. The molecule has 1 heterocycles. The molecule has 5 nitrogen and oxygen atoms in total. The first-order chi connectivity index (χ1) is 12.5. The normalized spacial score (nSPS) is 17.2. The maximum Gasteiger partial charge on any atom is 0.338 e. The van der Waals surface area contributed by atoms with Crippen LogP contribution in [0.15, 0.2) is 46.6 Å². The van der Waals surface area contributed by atoms with Gasteiger partial charge < -0.3 is 4.74 Å². The van der Waals surface area contributed by atoms with Gasteiger partial charge in [0, 0.05) is 12.7 Å². The van der Waals surface area contributed by atoms with Gasteiger partial charge in [-0.25, -0.2) is 9.79 Å². The minimum Gasteiger partial charge on any atom is -0.463 e. The number of hydrogen-bond donors (Lipinski definition) is 0. The van der Waals surface area contributed by atoms with Crippen LogP contribution in [-0.4, -0.2) is 34.3 Å². The maximum absolute atomic E-state index is 12.6. The van der Waals surface area contributed by atoms with E-state index < -0.39 is 12.0 Å². The monoisotopic (exact) mass is 374 g/mol. The third kappa shape index (κ3) is 4.55. The fourth-order valence-electron chi connectivity index (χ4n) is 2.84. The Morgan fingerprint density at radius 3 is 2.50 bits per heavy atom. The molecule has 26 heavy (non-hydrogen) atoms. The molecule has 0 unspecified atom stereocenters. The Hall–Kier alpha value is -2.08. The van der Waals surface area contributed by atoms with Crippen molar-refractivity contribution in [3.63, 3.8) is 0 Å². The van der Waals surface area contributed by atoms with Gasteiger partial charge in [0.15, 0.2) is 5.17 Å². The number of allylic oxidation sites excluding steroid dienone is 1. The molecule has 0 saturated carbocycles. The molecule has 1 aliphatic rings. The largest absolute Gasteiger partial charge is 0.463 e. The highest BCUT2D eigenvalue weighted by Gasteiger charge is 2.38. The van der Waals surface area contributed by atoms with Crippen LogP contribution in [0.4, 0.5) is 0 Å². The summed E-state index contributed by atoms with van der Waals surface area (Å²) in [5.41, 5.74) is 1.90. The van der Waals surface area contributed by atoms with Crippen LogP contribution in [0.1, 0.15) is 52.1 Å².